The molecule has 2 aromatic heterocycles. The lowest BCUT2D eigenvalue weighted by Gasteiger charge is -2.22. The van der Waals surface area contributed by atoms with Crippen LogP contribution in [0.15, 0.2) is 61.2 Å². The van der Waals surface area contributed by atoms with Crippen LogP contribution in [0.4, 0.5) is 5.82 Å². The molecule has 0 bridgehead atoms. The number of halogens is 5. The minimum atomic E-state index is -0.827. The van der Waals surface area contributed by atoms with Gasteiger partial charge >= 0.3 is 5.97 Å². The highest BCUT2D eigenvalue weighted by Crippen LogP contribution is 2.31. The van der Waals surface area contributed by atoms with Crippen molar-refractivity contribution in [2.24, 2.45) is 0 Å². The fourth-order valence-electron chi connectivity index (χ4n) is 3.76. The SMILES string of the molecule is Clc1cc(-c2ccc(Cl)c(Cl)c2)ncn1.O=C(O)C1CCCN1c1cc(-c2ccc(Cl)c(Cl)c2)ncn1. The molecule has 1 aliphatic heterocycles. The van der Waals surface area contributed by atoms with Crippen LogP contribution in [-0.2, 0) is 4.79 Å². The summed E-state index contributed by atoms with van der Waals surface area (Å²) in [6.45, 7) is 0.675. The lowest BCUT2D eigenvalue weighted by atomic mass is 10.1. The van der Waals surface area contributed by atoms with E-state index in [1.54, 1.807) is 41.3 Å². The first-order valence-electron chi connectivity index (χ1n) is 10.9. The molecular formula is C25H18Cl5N5O2. The number of nitrogens with zero attached hydrogens (tertiary/aromatic N) is 5. The van der Waals surface area contributed by atoms with Crippen LogP contribution in [0, 0.1) is 0 Å². The molecule has 37 heavy (non-hydrogen) atoms. The summed E-state index contributed by atoms with van der Waals surface area (Å²) >= 11 is 29.4. The molecule has 4 aromatic rings. The quantitative estimate of drug-likeness (QED) is 0.242. The molecule has 190 valence electrons. The Balaban J connectivity index is 0.000000186. The number of hydrogen-bond donors (Lipinski definition) is 1. The molecule has 1 atom stereocenters. The molecule has 0 saturated carbocycles. The van der Waals surface area contributed by atoms with Gasteiger partial charge in [-0.05, 0) is 37.1 Å². The number of benzene rings is 2. The van der Waals surface area contributed by atoms with Crippen molar-refractivity contribution >= 4 is 69.8 Å². The Morgan fingerprint density at radius 2 is 1.32 bits per heavy atom. The smallest absolute Gasteiger partial charge is 0.326 e. The molecule has 1 aliphatic rings. The third-order valence-corrected chi connectivity index (χ3v) is 7.23. The minimum absolute atomic E-state index is 0.395. The Kier molecular flexibility index (Phi) is 9.05. The number of hydrogen-bond acceptors (Lipinski definition) is 6. The van der Waals surface area contributed by atoms with E-state index in [0.717, 1.165) is 17.5 Å². The molecule has 1 saturated heterocycles. The van der Waals surface area contributed by atoms with Gasteiger partial charge in [0.1, 0.15) is 29.7 Å². The zero-order valence-corrected chi connectivity index (χ0v) is 22.7. The molecule has 0 amide bonds. The first-order chi connectivity index (χ1) is 17.7. The molecule has 0 radical (unpaired) electrons. The van der Waals surface area contributed by atoms with E-state index in [-0.39, 0.29) is 0 Å². The van der Waals surface area contributed by atoms with Crippen molar-refractivity contribution in [3.63, 3.8) is 0 Å². The summed E-state index contributed by atoms with van der Waals surface area (Å²) in [5, 5.41) is 11.6. The fourth-order valence-corrected chi connectivity index (χ4v) is 4.51. The maximum Gasteiger partial charge on any atom is 0.326 e. The number of carboxylic acids is 1. The Morgan fingerprint density at radius 1 is 0.757 bits per heavy atom. The Morgan fingerprint density at radius 3 is 1.86 bits per heavy atom. The van der Waals surface area contributed by atoms with Gasteiger partial charge in [0.05, 0.1) is 31.5 Å². The summed E-state index contributed by atoms with van der Waals surface area (Å²) in [6, 6.07) is 13.5. The van der Waals surface area contributed by atoms with Gasteiger partial charge in [-0.25, -0.2) is 24.7 Å². The number of aliphatic carboxylic acids is 1. The predicted octanol–water partition coefficient (Wildman–Crippen LogP) is 7.61. The Labute approximate surface area is 238 Å². The minimum Gasteiger partial charge on any atom is -0.480 e. The summed E-state index contributed by atoms with van der Waals surface area (Å²) in [5.41, 5.74) is 3.06. The second-order valence-electron chi connectivity index (χ2n) is 7.93. The molecule has 1 N–H and O–H groups in total. The number of aromatic nitrogens is 4. The summed E-state index contributed by atoms with van der Waals surface area (Å²) in [5.74, 6) is -0.215. The van der Waals surface area contributed by atoms with Gasteiger partial charge in [0.2, 0.25) is 0 Å². The van der Waals surface area contributed by atoms with Crippen LogP contribution < -0.4 is 4.90 Å². The maximum atomic E-state index is 11.3. The third kappa shape index (κ3) is 6.80. The van der Waals surface area contributed by atoms with Crippen LogP contribution in [0.2, 0.25) is 25.2 Å². The summed E-state index contributed by atoms with van der Waals surface area (Å²) in [4.78, 5) is 29.4. The van der Waals surface area contributed by atoms with Gasteiger partial charge < -0.3 is 10.0 Å². The van der Waals surface area contributed by atoms with E-state index in [0.29, 0.717) is 55.4 Å². The van der Waals surface area contributed by atoms with E-state index in [1.807, 2.05) is 12.1 Å². The molecule has 2 aromatic carbocycles. The van der Waals surface area contributed by atoms with Crippen LogP contribution in [0.5, 0.6) is 0 Å². The fraction of sp³-hybridized carbons (Fsp3) is 0.160. The van der Waals surface area contributed by atoms with Crippen molar-refractivity contribution in [3.8, 4) is 22.5 Å². The molecule has 1 unspecified atom stereocenters. The normalized spacial score (nSPS) is 14.7. The van der Waals surface area contributed by atoms with Gasteiger partial charge in [-0.1, -0.05) is 70.1 Å². The van der Waals surface area contributed by atoms with Crippen molar-refractivity contribution in [2.45, 2.75) is 18.9 Å². The van der Waals surface area contributed by atoms with Crippen molar-refractivity contribution in [1.29, 1.82) is 0 Å². The zero-order chi connectivity index (χ0) is 26.5. The van der Waals surface area contributed by atoms with Crippen LogP contribution in [0.3, 0.4) is 0 Å². The number of rotatable bonds is 4. The van der Waals surface area contributed by atoms with Gasteiger partial charge in [0.25, 0.3) is 0 Å². The first kappa shape index (κ1) is 27.4. The highest BCUT2D eigenvalue weighted by Gasteiger charge is 2.31. The number of carboxylic acid groups (broad SMARTS) is 1. The standard InChI is InChI=1S/C15H13Cl2N3O2.C10H5Cl3N2/c16-10-4-3-9(6-11(10)17)12-7-14(19-8-18-12)20-5-1-2-13(20)15(21)22;11-7-2-1-6(3-8(7)12)9-4-10(13)15-5-14-9/h3-4,6-8,13H,1-2,5H2,(H,21,22);1-5H. The van der Waals surface area contributed by atoms with E-state index in [2.05, 4.69) is 19.9 Å². The molecule has 0 spiro atoms. The third-order valence-electron chi connectivity index (χ3n) is 5.55. The van der Waals surface area contributed by atoms with E-state index >= 15 is 0 Å². The van der Waals surface area contributed by atoms with Crippen LogP contribution in [0.1, 0.15) is 12.8 Å². The van der Waals surface area contributed by atoms with Crippen molar-refractivity contribution < 1.29 is 9.90 Å². The van der Waals surface area contributed by atoms with Gasteiger partial charge in [0.15, 0.2) is 0 Å². The second-order valence-corrected chi connectivity index (χ2v) is 9.95. The molecule has 1 fully saturated rings. The van der Waals surface area contributed by atoms with Crippen LogP contribution in [0.25, 0.3) is 22.5 Å². The van der Waals surface area contributed by atoms with Crippen LogP contribution >= 0.6 is 58.0 Å². The highest BCUT2D eigenvalue weighted by molar-refractivity contribution is 6.42. The van der Waals surface area contributed by atoms with Crippen LogP contribution in [-0.4, -0.2) is 43.6 Å². The largest absolute Gasteiger partial charge is 0.480 e. The number of anilines is 1. The summed E-state index contributed by atoms with van der Waals surface area (Å²) < 4.78 is 0. The van der Waals surface area contributed by atoms with Gasteiger partial charge in [-0.3, -0.25) is 0 Å². The zero-order valence-electron chi connectivity index (χ0n) is 19.0. The Bertz CT molecular complexity index is 1440. The van der Waals surface area contributed by atoms with E-state index in [4.69, 9.17) is 58.0 Å². The summed E-state index contributed by atoms with van der Waals surface area (Å²) in [7, 11) is 0. The molecule has 0 aliphatic carbocycles. The molecule has 3 heterocycles. The van der Waals surface area contributed by atoms with Gasteiger partial charge in [0, 0.05) is 29.8 Å². The van der Waals surface area contributed by atoms with Gasteiger partial charge in [-0.15, -0.1) is 0 Å². The lowest BCUT2D eigenvalue weighted by molar-refractivity contribution is -0.138. The predicted molar refractivity (Wildman–Crippen MR) is 148 cm³/mol. The maximum absolute atomic E-state index is 11.3. The molecule has 12 heteroatoms. The molecular weight excluding hydrogens is 580 g/mol. The molecule has 7 nitrogen and oxygen atoms in total. The Hall–Kier alpha value is -2.68. The van der Waals surface area contributed by atoms with E-state index in [1.165, 1.54) is 12.7 Å². The van der Waals surface area contributed by atoms with Crippen molar-refractivity contribution in [2.75, 3.05) is 11.4 Å². The van der Waals surface area contributed by atoms with Crippen molar-refractivity contribution in [1.82, 2.24) is 19.9 Å². The highest BCUT2D eigenvalue weighted by atomic mass is 35.5. The van der Waals surface area contributed by atoms with E-state index in [9.17, 15) is 9.90 Å². The average Bonchev–Trinajstić information content (AvgIpc) is 3.39. The number of carbonyl (C=O) groups is 1. The van der Waals surface area contributed by atoms with Crippen molar-refractivity contribution in [3.05, 3.63) is 86.4 Å². The van der Waals surface area contributed by atoms with E-state index < -0.39 is 12.0 Å². The lowest BCUT2D eigenvalue weighted by Crippen LogP contribution is -2.36. The first-order valence-corrected chi connectivity index (χ1v) is 12.8. The van der Waals surface area contributed by atoms with Gasteiger partial charge in [-0.2, -0.15) is 0 Å². The topological polar surface area (TPSA) is 92.1 Å². The molecule has 5 rings (SSSR count). The summed E-state index contributed by atoms with van der Waals surface area (Å²) in [6.07, 6.45) is 4.30. The second kappa shape index (κ2) is 12.2. The monoisotopic (exact) mass is 595 g/mol. The average molecular weight is 598 g/mol.